The van der Waals surface area contributed by atoms with Gasteiger partial charge in [0.05, 0.1) is 23.8 Å². The lowest BCUT2D eigenvalue weighted by Gasteiger charge is -2.29. The van der Waals surface area contributed by atoms with Gasteiger partial charge >= 0.3 is 0 Å². The monoisotopic (exact) mass is 265 g/mol. The third kappa shape index (κ3) is 2.78. The highest BCUT2D eigenvalue weighted by Gasteiger charge is 2.25. The molecule has 1 aromatic carbocycles. The number of rotatable bonds is 3. The first-order valence-corrected chi connectivity index (χ1v) is 6.41. The molecule has 2 rings (SSSR count). The van der Waals surface area contributed by atoms with Crippen LogP contribution in [0.5, 0.6) is 0 Å². The van der Waals surface area contributed by atoms with E-state index in [9.17, 15) is 10.1 Å². The molecule has 0 aromatic heterocycles. The summed E-state index contributed by atoms with van der Waals surface area (Å²) in [6.45, 7) is 6.39. The molecule has 6 heteroatoms. The molecule has 1 aliphatic heterocycles. The molecule has 0 amide bonds. The molecule has 1 aromatic rings. The molecule has 1 aliphatic rings. The van der Waals surface area contributed by atoms with Gasteiger partial charge in [0.1, 0.15) is 5.69 Å². The lowest BCUT2D eigenvalue weighted by atomic mass is 10.0. The number of anilines is 2. The fraction of sp³-hybridized carbons (Fsp3) is 0.538. The normalized spacial score (nSPS) is 15.8. The molecule has 0 unspecified atom stereocenters. The van der Waals surface area contributed by atoms with Crippen molar-refractivity contribution in [1.82, 2.24) is 0 Å². The van der Waals surface area contributed by atoms with E-state index in [2.05, 4.69) is 0 Å². The highest BCUT2D eigenvalue weighted by atomic mass is 16.6. The van der Waals surface area contributed by atoms with Gasteiger partial charge in [0.2, 0.25) is 0 Å². The van der Waals surface area contributed by atoms with Crippen LogP contribution >= 0.6 is 0 Å². The van der Waals surface area contributed by atoms with Gasteiger partial charge in [0.25, 0.3) is 5.69 Å². The first-order valence-electron chi connectivity index (χ1n) is 6.41. The van der Waals surface area contributed by atoms with E-state index in [1.54, 1.807) is 6.07 Å². The molecule has 0 atom stereocenters. The molecule has 0 saturated carbocycles. The summed E-state index contributed by atoms with van der Waals surface area (Å²) in [6.07, 6.45) is 0. The molecule has 19 heavy (non-hydrogen) atoms. The van der Waals surface area contributed by atoms with Crippen LogP contribution in [-0.4, -0.2) is 31.2 Å². The zero-order valence-electron chi connectivity index (χ0n) is 11.3. The number of ether oxygens (including phenoxy) is 1. The Kier molecular flexibility index (Phi) is 3.90. The first-order chi connectivity index (χ1) is 9.00. The fourth-order valence-electron chi connectivity index (χ4n) is 2.27. The van der Waals surface area contributed by atoms with Crippen LogP contribution in [0.4, 0.5) is 17.1 Å². The second kappa shape index (κ2) is 5.44. The molecule has 0 spiro atoms. The first kappa shape index (κ1) is 13.6. The predicted octanol–water partition coefficient (Wildman–Crippen LogP) is 2.14. The van der Waals surface area contributed by atoms with Crippen LogP contribution in [-0.2, 0) is 4.74 Å². The Morgan fingerprint density at radius 1 is 1.37 bits per heavy atom. The summed E-state index contributed by atoms with van der Waals surface area (Å²) in [5.41, 5.74) is 8.02. The van der Waals surface area contributed by atoms with Crippen LogP contribution in [0.3, 0.4) is 0 Å². The summed E-state index contributed by atoms with van der Waals surface area (Å²) in [5, 5.41) is 11.3. The van der Waals surface area contributed by atoms with Crippen LogP contribution in [0.2, 0.25) is 0 Å². The molecule has 6 nitrogen and oxygen atoms in total. The highest BCUT2D eigenvalue weighted by molar-refractivity contribution is 5.79. The van der Waals surface area contributed by atoms with Gasteiger partial charge in [0.15, 0.2) is 0 Å². The van der Waals surface area contributed by atoms with Crippen molar-refractivity contribution in [1.29, 1.82) is 0 Å². The number of nitro benzene ring substituents is 1. The zero-order chi connectivity index (χ0) is 14.0. The van der Waals surface area contributed by atoms with Crippen molar-refractivity contribution in [2.75, 3.05) is 36.9 Å². The number of nitro groups is 1. The maximum atomic E-state index is 11.3. The van der Waals surface area contributed by atoms with Crippen molar-refractivity contribution in [2.45, 2.75) is 19.8 Å². The number of nitrogens with two attached hydrogens (primary N) is 1. The minimum absolute atomic E-state index is 0.0885. The molecule has 1 heterocycles. The van der Waals surface area contributed by atoms with E-state index in [1.807, 2.05) is 24.8 Å². The molecule has 2 N–H and O–H groups in total. The molecule has 0 radical (unpaired) electrons. The summed E-state index contributed by atoms with van der Waals surface area (Å²) in [7, 11) is 0. The molecule has 1 saturated heterocycles. The van der Waals surface area contributed by atoms with Crippen LogP contribution in [0, 0.1) is 10.1 Å². The van der Waals surface area contributed by atoms with Gasteiger partial charge in [-0.1, -0.05) is 13.8 Å². The Bertz CT molecular complexity index is 482. The summed E-state index contributed by atoms with van der Waals surface area (Å²) < 4.78 is 5.27. The largest absolute Gasteiger partial charge is 0.397 e. The molecule has 0 bridgehead atoms. The van der Waals surface area contributed by atoms with E-state index in [-0.39, 0.29) is 16.5 Å². The SMILES string of the molecule is CC(C)c1cc(N)c(N2CCOCC2)c([N+](=O)[O-])c1. The predicted molar refractivity (Wildman–Crippen MR) is 74.6 cm³/mol. The van der Waals surface area contributed by atoms with Gasteiger partial charge in [-0.2, -0.15) is 0 Å². The van der Waals surface area contributed by atoms with Gasteiger partial charge in [-0.25, -0.2) is 0 Å². The fourth-order valence-corrected chi connectivity index (χ4v) is 2.27. The second-order valence-electron chi connectivity index (χ2n) is 4.99. The molecule has 0 aliphatic carbocycles. The van der Waals surface area contributed by atoms with Gasteiger partial charge in [-0.15, -0.1) is 0 Å². The summed E-state index contributed by atoms with van der Waals surface area (Å²) in [6, 6.07) is 3.47. The van der Waals surface area contributed by atoms with E-state index < -0.39 is 0 Å². The summed E-state index contributed by atoms with van der Waals surface area (Å²) in [4.78, 5) is 12.9. The Morgan fingerprint density at radius 3 is 2.53 bits per heavy atom. The average molecular weight is 265 g/mol. The minimum atomic E-state index is -0.354. The van der Waals surface area contributed by atoms with Gasteiger partial charge in [-0.05, 0) is 17.5 Å². The Balaban J connectivity index is 2.48. The van der Waals surface area contributed by atoms with Crippen molar-refractivity contribution in [3.05, 3.63) is 27.8 Å². The molecule has 1 fully saturated rings. The second-order valence-corrected chi connectivity index (χ2v) is 4.99. The number of benzene rings is 1. The zero-order valence-corrected chi connectivity index (χ0v) is 11.3. The summed E-state index contributed by atoms with van der Waals surface area (Å²) >= 11 is 0. The van der Waals surface area contributed by atoms with Crippen LogP contribution in [0.1, 0.15) is 25.3 Å². The third-order valence-corrected chi connectivity index (χ3v) is 3.33. The number of nitrogens with zero attached hydrogens (tertiary/aromatic N) is 2. The number of hydrogen-bond donors (Lipinski definition) is 1. The van der Waals surface area contributed by atoms with Crippen LogP contribution in [0.25, 0.3) is 0 Å². The lowest BCUT2D eigenvalue weighted by Crippen LogP contribution is -2.37. The van der Waals surface area contributed by atoms with Gasteiger partial charge in [-0.3, -0.25) is 10.1 Å². The van der Waals surface area contributed by atoms with Crippen molar-refractivity contribution >= 4 is 17.1 Å². The maximum Gasteiger partial charge on any atom is 0.294 e. The van der Waals surface area contributed by atoms with E-state index in [0.29, 0.717) is 37.7 Å². The van der Waals surface area contributed by atoms with Crippen molar-refractivity contribution in [2.24, 2.45) is 0 Å². The maximum absolute atomic E-state index is 11.3. The Labute approximate surface area is 112 Å². The molecular formula is C13H19N3O3. The van der Waals surface area contributed by atoms with Gasteiger partial charge < -0.3 is 15.4 Å². The van der Waals surface area contributed by atoms with E-state index in [0.717, 1.165) is 5.56 Å². The number of morpholine rings is 1. The van der Waals surface area contributed by atoms with Crippen molar-refractivity contribution in [3.8, 4) is 0 Å². The van der Waals surface area contributed by atoms with E-state index in [1.165, 1.54) is 0 Å². The average Bonchev–Trinajstić information content (AvgIpc) is 2.38. The number of nitrogen functional groups attached to an aromatic ring is 1. The minimum Gasteiger partial charge on any atom is -0.397 e. The molecular weight excluding hydrogens is 246 g/mol. The van der Waals surface area contributed by atoms with E-state index in [4.69, 9.17) is 10.5 Å². The van der Waals surface area contributed by atoms with Crippen LogP contribution < -0.4 is 10.6 Å². The Morgan fingerprint density at radius 2 is 2.00 bits per heavy atom. The highest BCUT2D eigenvalue weighted by Crippen LogP contribution is 2.37. The smallest absolute Gasteiger partial charge is 0.294 e. The lowest BCUT2D eigenvalue weighted by molar-refractivity contribution is -0.384. The standard InChI is InChI=1S/C13H19N3O3/c1-9(2)10-7-11(14)13(12(8-10)16(17)18)15-3-5-19-6-4-15/h7-9H,3-6,14H2,1-2H3. The third-order valence-electron chi connectivity index (χ3n) is 3.33. The number of hydrogen-bond acceptors (Lipinski definition) is 5. The molecule has 104 valence electrons. The van der Waals surface area contributed by atoms with Gasteiger partial charge in [0, 0.05) is 19.2 Å². The van der Waals surface area contributed by atoms with E-state index >= 15 is 0 Å². The topological polar surface area (TPSA) is 81.6 Å². The Hall–Kier alpha value is -1.82. The quantitative estimate of drug-likeness (QED) is 0.514. The van der Waals surface area contributed by atoms with Crippen molar-refractivity contribution < 1.29 is 9.66 Å². The van der Waals surface area contributed by atoms with Crippen LogP contribution in [0.15, 0.2) is 12.1 Å². The summed E-state index contributed by atoms with van der Waals surface area (Å²) in [5.74, 6) is 0.208. The van der Waals surface area contributed by atoms with Crippen molar-refractivity contribution in [3.63, 3.8) is 0 Å².